The number of hydrogen-bond donors (Lipinski definition) is 1. The van der Waals surface area contributed by atoms with E-state index in [0.29, 0.717) is 24.3 Å². The Balaban J connectivity index is 3.09. The number of ether oxygens (including phenoxy) is 1. The summed E-state index contributed by atoms with van der Waals surface area (Å²) in [6.07, 6.45) is 1.49. The van der Waals surface area contributed by atoms with E-state index in [4.69, 9.17) is 10.5 Å². The maximum Gasteiger partial charge on any atom is 0.130 e. The van der Waals surface area contributed by atoms with Gasteiger partial charge in [-0.25, -0.2) is 4.39 Å². The van der Waals surface area contributed by atoms with Crippen LogP contribution in [0.25, 0.3) is 0 Å². The van der Waals surface area contributed by atoms with E-state index >= 15 is 0 Å². The van der Waals surface area contributed by atoms with Crippen molar-refractivity contribution in [3.05, 3.63) is 29.1 Å². The molecule has 0 bridgehead atoms. The van der Waals surface area contributed by atoms with Crippen LogP contribution in [0.3, 0.4) is 0 Å². The van der Waals surface area contributed by atoms with Crippen LogP contribution in [0, 0.1) is 5.82 Å². The zero-order valence-electron chi connectivity index (χ0n) is 10.2. The minimum atomic E-state index is -0.180. The molecule has 0 aliphatic heterocycles. The lowest BCUT2D eigenvalue weighted by molar-refractivity contribution is 0.403. The molecule has 1 aromatic rings. The van der Waals surface area contributed by atoms with Crippen LogP contribution in [-0.4, -0.2) is 13.7 Å². The van der Waals surface area contributed by atoms with E-state index in [1.165, 1.54) is 0 Å². The number of benzene rings is 1. The van der Waals surface area contributed by atoms with Gasteiger partial charge in [0, 0.05) is 5.56 Å². The predicted octanol–water partition coefficient (Wildman–Crippen LogP) is 2.85. The average Bonchev–Trinajstić information content (AvgIpc) is 2.28. The molecule has 0 heterocycles. The highest BCUT2D eigenvalue weighted by molar-refractivity contribution is 5.40. The molecule has 1 aromatic carbocycles. The van der Waals surface area contributed by atoms with Gasteiger partial charge in [0.15, 0.2) is 0 Å². The van der Waals surface area contributed by atoms with Crippen LogP contribution in [0.1, 0.15) is 37.3 Å². The van der Waals surface area contributed by atoms with Gasteiger partial charge in [-0.3, -0.25) is 0 Å². The van der Waals surface area contributed by atoms with Gasteiger partial charge < -0.3 is 10.5 Å². The van der Waals surface area contributed by atoms with Crippen LogP contribution in [0.15, 0.2) is 12.1 Å². The molecular formula is C13H20FNO. The maximum absolute atomic E-state index is 13.8. The minimum Gasteiger partial charge on any atom is -0.496 e. The summed E-state index contributed by atoms with van der Waals surface area (Å²) in [6, 6.07) is 3.52. The Morgan fingerprint density at radius 3 is 2.62 bits per heavy atom. The van der Waals surface area contributed by atoms with E-state index in [0.717, 1.165) is 12.0 Å². The van der Waals surface area contributed by atoms with Crippen LogP contribution < -0.4 is 10.5 Å². The van der Waals surface area contributed by atoms with Gasteiger partial charge in [0.2, 0.25) is 0 Å². The number of halogens is 1. The zero-order chi connectivity index (χ0) is 12.1. The molecule has 1 rings (SSSR count). The third-order valence-electron chi connectivity index (χ3n) is 2.92. The summed E-state index contributed by atoms with van der Waals surface area (Å²) in [5, 5.41) is 0. The van der Waals surface area contributed by atoms with Crippen molar-refractivity contribution in [1.29, 1.82) is 0 Å². The second kappa shape index (κ2) is 5.85. The smallest absolute Gasteiger partial charge is 0.130 e. The van der Waals surface area contributed by atoms with Crippen molar-refractivity contribution < 1.29 is 9.13 Å². The molecule has 1 unspecified atom stereocenters. The van der Waals surface area contributed by atoms with Crippen molar-refractivity contribution in [2.24, 2.45) is 5.73 Å². The molecule has 0 aliphatic carbocycles. The molecule has 0 spiro atoms. The summed E-state index contributed by atoms with van der Waals surface area (Å²) in [5.74, 6) is 0.724. The number of hydrogen-bond acceptors (Lipinski definition) is 2. The first-order valence-corrected chi connectivity index (χ1v) is 5.70. The average molecular weight is 225 g/mol. The summed E-state index contributed by atoms with van der Waals surface area (Å²) in [5.41, 5.74) is 7.11. The van der Waals surface area contributed by atoms with E-state index < -0.39 is 0 Å². The standard InChI is InChI=1S/C13H20FNO/c1-4-11-12(14)7-10(8-13(11)16-3)9(2)5-6-15/h7-9H,4-6,15H2,1-3H3. The van der Waals surface area contributed by atoms with Gasteiger partial charge in [-0.2, -0.15) is 0 Å². The van der Waals surface area contributed by atoms with Gasteiger partial charge in [0.1, 0.15) is 11.6 Å². The Bertz CT molecular complexity index is 352. The normalized spacial score (nSPS) is 12.6. The molecule has 0 aromatic heterocycles. The molecule has 2 N–H and O–H groups in total. The van der Waals surface area contributed by atoms with E-state index in [1.54, 1.807) is 13.2 Å². The lowest BCUT2D eigenvalue weighted by Crippen LogP contribution is -2.06. The van der Waals surface area contributed by atoms with Gasteiger partial charge in [-0.05, 0) is 43.0 Å². The third-order valence-corrected chi connectivity index (χ3v) is 2.92. The van der Waals surface area contributed by atoms with E-state index in [-0.39, 0.29) is 11.7 Å². The van der Waals surface area contributed by atoms with Crippen molar-refractivity contribution in [2.75, 3.05) is 13.7 Å². The highest BCUT2D eigenvalue weighted by Crippen LogP contribution is 2.29. The summed E-state index contributed by atoms with van der Waals surface area (Å²) < 4.78 is 19.0. The SMILES string of the molecule is CCc1c(F)cc(C(C)CCN)cc1OC. The molecular weight excluding hydrogens is 205 g/mol. The predicted molar refractivity (Wildman–Crippen MR) is 64.4 cm³/mol. The van der Waals surface area contributed by atoms with Gasteiger partial charge in [-0.1, -0.05) is 13.8 Å². The van der Waals surface area contributed by atoms with Crippen LogP contribution in [0.5, 0.6) is 5.75 Å². The summed E-state index contributed by atoms with van der Waals surface area (Å²) in [7, 11) is 1.57. The lowest BCUT2D eigenvalue weighted by Gasteiger charge is -2.15. The zero-order valence-corrected chi connectivity index (χ0v) is 10.2. The Kier molecular flexibility index (Phi) is 4.74. The highest BCUT2D eigenvalue weighted by Gasteiger charge is 2.13. The summed E-state index contributed by atoms with van der Waals surface area (Å²) in [4.78, 5) is 0. The van der Waals surface area contributed by atoms with E-state index in [1.807, 2.05) is 19.9 Å². The van der Waals surface area contributed by atoms with Gasteiger partial charge in [-0.15, -0.1) is 0 Å². The molecule has 90 valence electrons. The van der Waals surface area contributed by atoms with Crippen LogP contribution in [0.2, 0.25) is 0 Å². The quantitative estimate of drug-likeness (QED) is 0.836. The van der Waals surface area contributed by atoms with E-state index in [2.05, 4.69) is 0 Å². The van der Waals surface area contributed by atoms with Crippen molar-refractivity contribution in [3.63, 3.8) is 0 Å². The fraction of sp³-hybridized carbons (Fsp3) is 0.538. The van der Waals surface area contributed by atoms with Gasteiger partial charge in [0.05, 0.1) is 7.11 Å². The fourth-order valence-electron chi connectivity index (χ4n) is 1.86. The second-order valence-corrected chi connectivity index (χ2v) is 4.02. The first kappa shape index (κ1) is 13.0. The highest BCUT2D eigenvalue weighted by atomic mass is 19.1. The Morgan fingerprint density at radius 2 is 2.12 bits per heavy atom. The van der Waals surface area contributed by atoms with Crippen LogP contribution >= 0.6 is 0 Å². The molecule has 0 amide bonds. The minimum absolute atomic E-state index is 0.180. The van der Waals surface area contributed by atoms with Crippen LogP contribution in [-0.2, 0) is 6.42 Å². The fourth-order valence-corrected chi connectivity index (χ4v) is 1.86. The number of rotatable bonds is 5. The summed E-state index contributed by atoms with van der Waals surface area (Å²) in [6.45, 7) is 4.58. The topological polar surface area (TPSA) is 35.2 Å². The number of nitrogens with two attached hydrogens (primary N) is 1. The molecule has 1 atom stereocenters. The molecule has 0 saturated carbocycles. The summed E-state index contributed by atoms with van der Waals surface area (Å²) >= 11 is 0. The molecule has 2 nitrogen and oxygen atoms in total. The van der Waals surface area contributed by atoms with Crippen molar-refractivity contribution in [1.82, 2.24) is 0 Å². The Hall–Kier alpha value is -1.09. The molecule has 0 radical (unpaired) electrons. The van der Waals surface area contributed by atoms with E-state index in [9.17, 15) is 4.39 Å². The molecule has 3 heteroatoms. The van der Waals surface area contributed by atoms with Gasteiger partial charge >= 0.3 is 0 Å². The molecule has 0 saturated heterocycles. The van der Waals surface area contributed by atoms with Crippen molar-refractivity contribution in [3.8, 4) is 5.75 Å². The first-order valence-electron chi connectivity index (χ1n) is 5.70. The largest absolute Gasteiger partial charge is 0.496 e. The third kappa shape index (κ3) is 2.73. The Labute approximate surface area is 96.6 Å². The number of methoxy groups -OCH3 is 1. The molecule has 0 aliphatic rings. The maximum atomic E-state index is 13.8. The van der Waals surface area contributed by atoms with Crippen molar-refractivity contribution >= 4 is 0 Å². The Morgan fingerprint density at radius 1 is 1.44 bits per heavy atom. The second-order valence-electron chi connectivity index (χ2n) is 4.02. The van der Waals surface area contributed by atoms with Crippen molar-refractivity contribution in [2.45, 2.75) is 32.6 Å². The monoisotopic (exact) mass is 225 g/mol. The lowest BCUT2D eigenvalue weighted by atomic mass is 9.95. The first-order chi connectivity index (χ1) is 7.63. The molecule has 16 heavy (non-hydrogen) atoms. The molecule has 0 fully saturated rings. The van der Waals surface area contributed by atoms with Crippen LogP contribution in [0.4, 0.5) is 4.39 Å². The van der Waals surface area contributed by atoms with Gasteiger partial charge in [0.25, 0.3) is 0 Å².